The Kier molecular flexibility index (Phi) is 4.39. The molecule has 0 bridgehead atoms. The van der Waals surface area contributed by atoms with Crippen LogP contribution in [0.3, 0.4) is 0 Å². The molecule has 1 aliphatic heterocycles. The van der Waals surface area contributed by atoms with Gasteiger partial charge in [0.25, 0.3) is 5.91 Å². The van der Waals surface area contributed by atoms with Gasteiger partial charge in [-0.15, -0.1) is 0 Å². The molecule has 1 saturated heterocycles. The van der Waals surface area contributed by atoms with Crippen molar-refractivity contribution >= 4 is 28.5 Å². The number of hydrogen-bond acceptors (Lipinski definition) is 4. The van der Waals surface area contributed by atoms with Crippen LogP contribution in [0.15, 0.2) is 12.3 Å². The number of nitrogens with zero attached hydrogens (tertiary/aromatic N) is 3. The SMILES string of the molecule is COc1nccc(I)c1C(=O)N1CCN(C)CC1. The van der Waals surface area contributed by atoms with Crippen molar-refractivity contribution in [2.24, 2.45) is 0 Å². The first kappa shape index (κ1) is 13.5. The first-order chi connectivity index (χ1) is 8.63. The summed E-state index contributed by atoms with van der Waals surface area (Å²) in [5.41, 5.74) is 0.574. The molecule has 18 heavy (non-hydrogen) atoms. The number of methoxy groups -OCH3 is 1. The Morgan fingerprint density at radius 2 is 2.06 bits per heavy atom. The van der Waals surface area contributed by atoms with Crippen molar-refractivity contribution in [3.63, 3.8) is 0 Å². The number of likely N-dealkylation sites (N-methyl/N-ethyl adjacent to an activating group) is 1. The number of halogens is 1. The Hall–Kier alpha value is -0.890. The predicted molar refractivity (Wildman–Crippen MR) is 76.9 cm³/mol. The lowest BCUT2D eigenvalue weighted by molar-refractivity contribution is 0.0659. The lowest BCUT2D eigenvalue weighted by Gasteiger charge is -2.32. The van der Waals surface area contributed by atoms with Gasteiger partial charge in [0, 0.05) is 35.9 Å². The van der Waals surface area contributed by atoms with Crippen LogP contribution in [-0.2, 0) is 0 Å². The maximum atomic E-state index is 12.5. The van der Waals surface area contributed by atoms with E-state index in [0.29, 0.717) is 11.4 Å². The summed E-state index contributed by atoms with van der Waals surface area (Å²) in [6, 6.07) is 1.83. The van der Waals surface area contributed by atoms with Crippen LogP contribution in [0.25, 0.3) is 0 Å². The summed E-state index contributed by atoms with van der Waals surface area (Å²) in [7, 11) is 3.61. The summed E-state index contributed by atoms with van der Waals surface area (Å²) < 4.78 is 6.06. The van der Waals surface area contributed by atoms with Gasteiger partial charge in [0.1, 0.15) is 5.56 Å². The number of pyridine rings is 1. The zero-order valence-corrected chi connectivity index (χ0v) is 12.7. The van der Waals surface area contributed by atoms with E-state index in [1.165, 1.54) is 0 Å². The van der Waals surface area contributed by atoms with E-state index in [4.69, 9.17) is 4.74 Å². The lowest BCUT2D eigenvalue weighted by atomic mass is 10.2. The molecule has 1 amide bonds. The quantitative estimate of drug-likeness (QED) is 0.740. The molecule has 5 nitrogen and oxygen atoms in total. The average Bonchev–Trinajstić information content (AvgIpc) is 2.38. The Balaban J connectivity index is 2.23. The molecule has 0 aliphatic carbocycles. The van der Waals surface area contributed by atoms with Crippen LogP contribution in [-0.4, -0.2) is 61.0 Å². The van der Waals surface area contributed by atoms with Gasteiger partial charge in [0.15, 0.2) is 0 Å². The number of amides is 1. The third-order valence-corrected chi connectivity index (χ3v) is 3.96. The monoisotopic (exact) mass is 361 g/mol. The van der Waals surface area contributed by atoms with E-state index in [-0.39, 0.29) is 5.91 Å². The van der Waals surface area contributed by atoms with E-state index < -0.39 is 0 Å². The maximum Gasteiger partial charge on any atom is 0.260 e. The second-order valence-corrected chi connectivity index (χ2v) is 5.43. The van der Waals surface area contributed by atoms with Gasteiger partial charge in [-0.05, 0) is 35.7 Å². The van der Waals surface area contributed by atoms with Crippen molar-refractivity contribution in [3.8, 4) is 5.88 Å². The molecule has 0 radical (unpaired) electrons. The summed E-state index contributed by atoms with van der Waals surface area (Å²) in [4.78, 5) is 20.7. The van der Waals surface area contributed by atoms with Crippen LogP contribution in [0, 0.1) is 3.57 Å². The van der Waals surface area contributed by atoms with Gasteiger partial charge in [0.2, 0.25) is 5.88 Å². The highest BCUT2D eigenvalue weighted by Gasteiger charge is 2.25. The standard InChI is InChI=1S/C12H16IN3O2/c1-15-5-7-16(8-6-15)12(17)10-9(13)3-4-14-11(10)18-2/h3-4H,5-8H2,1-2H3. The number of piperazine rings is 1. The van der Waals surface area contributed by atoms with Crippen molar-refractivity contribution in [1.82, 2.24) is 14.8 Å². The van der Waals surface area contributed by atoms with Crippen LogP contribution >= 0.6 is 22.6 Å². The minimum absolute atomic E-state index is 0.0115. The molecule has 0 N–H and O–H groups in total. The van der Waals surface area contributed by atoms with Gasteiger partial charge in [-0.2, -0.15) is 0 Å². The van der Waals surface area contributed by atoms with E-state index in [0.717, 1.165) is 29.7 Å². The number of ether oxygens (including phenoxy) is 1. The van der Waals surface area contributed by atoms with Crippen molar-refractivity contribution in [1.29, 1.82) is 0 Å². The summed E-state index contributed by atoms with van der Waals surface area (Å²) in [6.07, 6.45) is 1.65. The zero-order valence-electron chi connectivity index (χ0n) is 10.5. The number of hydrogen-bond donors (Lipinski definition) is 0. The molecule has 1 aromatic rings. The normalized spacial score (nSPS) is 16.7. The summed E-state index contributed by atoms with van der Waals surface area (Å²) in [5.74, 6) is 0.420. The third kappa shape index (κ3) is 2.74. The minimum atomic E-state index is 0.0115. The van der Waals surface area contributed by atoms with E-state index in [1.807, 2.05) is 11.0 Å². The molecule has 1 fully saturated rings. The highest BCUT2D eigenvalue weighted by molar-refractivity contribution is 14.1. The molecule has 1 aliphatic rings. The molecule has 1 aromatic heterocycles. The number of carbonyl (C=O) groups is 1. The zero-order chi connectivity index (χ0) is 13.1. The lowest BCUT2D eigenvalue weighted by Crippen LogP contribution is -2.47. The highest BCUT2D eigenvalue weighted by atomic mass is 127. The van der Waals surface area contributed by atoms with E-state index in [9.17, 15) is 4.79 Å². The van der Waals surface area contributed by atoms with Gasteiger partial charge >= 0.3 is 0 Å². The molecular weight excluding hydrogens is 345 g/mol. The molecule has 0 aromatic carbocycles. The van der Waals surface area contributed by atoms with Crippen molar-refractivity contribution in [2.45, 2.75) is 0 Å². The van der Waals surface area contributed by atoms with E-state index >= 15 is 0 Å². The first-order valence-electron chi connectivity index (χ1n) is 5.80. The number of carbonyl (C=O) groups excluding carboxylic acids is 1. The third-order valence-electron chi connectivity index (χ3n) is 3.06. The van der Waals surface area contributed by atoms with Gasteiger partial charge in [-0.25, -0.2) is 4.98 Å². The van der Waals surface area contributed by atoms with E-state index in [2.05, 4.69) is 39.5 Å². The van der Waals surface area contributed by atoms with E-state index in [1.54, 1.807) is 13.3 Å². The van der Waals surface area contributed by atoms with Crippen LogP contribution in [0.2, 0.25) is 0 Å². The Bertz CT molecular complexity index is 445. The molecule has 0 atom stereocenters. The molecule has 98 valence electrons. The second-order valence-electron chi connectivity index (χ2n) is 4.27. The molecule has 0 saturated carbocycles. The molecule has 6 heteroatoms. The summed E-state index contributed by atoms with van der Waals surface area (Å²) in [6.45, 7) is 3.32. The topological polar surface area (TPSA) is 45.7 Å². The fraction of sp³-hybridized carbons (Fsp3) is 0.500. The molecule has 0 spiro atoms. The van der Waals surface area contributed by atoms with Crippen LogP contribution in [0.5, 0.6) is 5.88 Å². The largest absolute Gasteiger partial charge is 0.480 e. The Labute approximate surface area is 120 Å². The fourth-order valence-electron chi connectivity index (χ4n) is 1.94. The molecular formula is C12H16IN3O2. The van der Waals surface area contributed by atoms with Gasteiger partial charge in [-0.1, -0.05) is 0 Å². The minimum Gasteiger partial charge on any atom is -0.480 e. The number of rotatable bonds is 2. The predicted octanol–water partition coefficient (Wildman–Crippen LogP) is 1.08. The van der Waals surface area contributed by atoms with Crippen molar-refractivity contribution in [2.75, 3.05) is 40.3 Å². The summed E-state index contributed by atoms with van der Waals surface area (Å²) >= 11 is 2.15. The Morgan fingerprint density at radius 3 is 2.67 bits per heavy atom. The van der Waals surface area contributed by atoms with Gasteiger partial charge in [-0.3, -0.25) is 4.79 Å². The van der Waals surface area contributed by atoms with Gasteiger partial charge < -0.3 is 14.5 Å². The first-order valence-corrected chi connectivity index (χ1v) is 6.87. The smallest absolute Gasteiger partial charge is 0.260 e. The fourth-order valence-corrected chi connectivity index (χ4v) is 2.56. The second kappa shape index (κ2) is 5.83. The number of aromatic nitrogens is 1. The molecule has 2 rings (SSSR count). The van der Waals surface area contributed by atoms with Gasteiger partial charge in [0.05, 0.1) is 7.11 Å². The Morgan fingerprint density at radius 1 is 1.39 bits per heavy atom. The van der Waals surface area contributed by atoms with Crippen LogP contribution < -0.4 is 4.74 Å². The highest BCUT2D eigenvalue weighted by Crippen LogP contribution is 2.23. The average molecular weight is 361 g/mol. The summed E-state index contributed by atoms with van der Waals surface area (Å²) in [5, 5.41) is 0. The van der Waals surface area contributed by atoms with Crippen molar-refractivity contribution in [3.05, 3.63) is 21.4 Å². The maximum absolute atomic E-state index is 12.5. The molecule has 0 unspecified atom stereocenters. The molecule has 2 heterocycles. The van der Waals surface area contributed by atoms with Crippen LogP contribution in [0.4, 0.5) is 0 Å². The van der Waals surface area contributed by atoms with Crippen LogP contribution in [0.1, 0.15) is 10.4 Å². The van der Waals surface area contributed by atoms with Crippen molar-refractivity contribution < 1.29 is 9.53 Å².